The molecule has 3 heterocycles. The number of para-hydroxylation sites is 1. The van der Waals surface area contributed by atoms with Gasteiger partial charge in [0.05, 0.1) is 17.5 Å². The number of hydrogen-bond donors (Lipinski definition) is 1. The number of rotatable bonds is 3. The molecule has 6 rings (SSSR count). The molecule has 2 aliphatic rings. The van der Waals surface area contributed by atoms with E-state index < -0.39 is 0 Å². The number of anilines is 1. The van der Waals surface area contributed by atoms with E-state index in [2.05, 4.69) is 46.3 Å². The summed E-state index contributed by atoms with van der Waals surface area (Å²) < 4.78 is 0. The number of aromatic amines is 1. The lowest BCUT2D eigenvalue weighted by atomic mass is 9.85. The fraction of sp³-hybridized carbons (Fsp3) is 0.185. The van der Waals surface area contributed by atoms with Gasteiger partial charge in [-0.25, -0.2) is 4.90 Å². The van der Waals surface area contributed by atoms with E-state index in [0.717, 1.165) is 27.6 Å². The lowest BCUT2D eigenvalue weighted by Gasteiger charge is -2.27. The zero-order valence-electron chi connectivity index (χ0n) is 17.7. The van der Waals surface area contributed by atoms with Crippen LogP contribution in [0.2, 0.25) is 0 Å². The molecule has 0 unspecified atom stereocenters. The highest BCUT2D eigenvalue weighted by atomic mass is 16.2. The van der Waals surface area contributed by atoms with E-state index in [1.807, 2.05) is 55.7 Å². The molecule has 0 bridgehead atoms. The van der Waals surface area contributed by atoms with E-state index in [0.29, 0.717) is 12.2 Å². The molecule has 2 aliphatic heterocycles. The summed E-state index contributed by atoms with van der Waals surface area (Å²) in [5, 5.41) is 1.15. The number of nitrogens with one attached hydrogen (secondary N) is 1. The Morgan fingerprint density at radius 1 is 0.875 bits per heavy atom. The number of likely N-dealkylation sites (tertiary alicyclic amines) is 1. The molecule has 0 saturated carbocycles. The van der Waals surface area contributed by atoms with Crippen molar-refractivity contribution in [2.45, 2.75) is 6.04 Å². The fourth-order valence-electron chi connectivity index (χ4n) is 5.50. The van der Waals surface area contributed by atoms with Gasteiger partial charge < -0.3 is 4.98 Å². The lowest BCUT2D eigenvalue weighted by Crippen LogP contribution is -2.36. The number of hydrogen-bond acceptors (Lipinski definition) is 3. The minimum atomic E-state index is -0.384. The maximum atomic E-state index is 13.6. The molecule has 0 aliphatic carbocycles. The van der Waals surface area contributed by atoms with Crippen molar-refractivity contribution in [3.63, 3.8) is 0 Å². The molecule has 1 N–H and O–H groups in total. The van der Waals surface area contributed by atoms with Crippen molar-refractivity contribution in [2.24, 2.45) is 11.8 Å². The van der Waals surface area contributed by atoms with Crippen LogP contribution in [0.25, 0.3) is 22.0 Å². The van der Waals surface area contributed by atoms with Gasteiger partial charge in [-0.15, -0.1) is 0 Å². The molecule has 2 amide bonds. The van der Waals surface area contributed by atoms with E-state index in [1.165, 1.54) is 4.90 Å². The van der Waals surface area contributed by atoms with Crippen molar-refractivity contribution in [1.82, 2.24) is 9.88 Å². The predicted molar refractivity (Wildman–Crippen MR) is 125 cm³/mol. The van der Waals surface area contributed by atoms with Gasteiger partial charge in [0.1, 0.15) is 0 Å². The summed E-state index contributed by atoms with van der Waals surface area (Å²) in [7, 11) is 2.02. The SMILES string of the molecule is CN1C[C@@H]2C(=O)N(c3ccccc3)C(=O)[C@@H]2[C@H]1c1ccccc1-c1ccc2[nH]ccc2c1. The fourth-order valence-corrected chi connectivity index (χ4v) is 5.50. The van der Waals surface area contributed by atoms with Crippen LogP contribution < -0.4 is 4.90 Å². The number of fused-ring (bicyclic) bond motifs is 2. The van der Waals surface area contributed by atoms with Crippen LogP contribution in [0.4, 0.5) is 5.69 Å². The third kappa shape index (κ3) is 2.75. The van der Waals surface area contributed by atoms with Crippen LogP contribution in [0, 0.1) is 11.8 Å². The minimum absolute atomic E-state index is 0.0910. The van der Waals surface area contributed by atoms with Gasteiger partial charge in [-0.2, -0.15) is 0 Å². The normalized spacial score (nSPS) is 23.3. The number of benzene rings is 3. The van der Waals surface area contributed by atoms with Crippen LogP contribution in [-0.4, -0.2) is 35.3 Å². The van der Waals surface area contributed by atoms with Gasteiger partial charge in [0.25, 0.3) is 0 Å². The number of amides is 2. The first kappa shape index (κ1) is 19.0. The monoisotopic (exact) mass is 421 g/mol. The second kappa shape index (κ2) is 7.18. The summed E-state index contributed by atoms with van der Waals surface area (Å²) in [5.41, 5.74) is 5.06. The topological polar surface area (TPSA) is 56.4 Å². The molecule has 5 heteroatoms. The number of H-pyrrole nitrogens is 1. The number of carbonyl (C=O) groups excluding carboxylic acids is 2. The maximum absolute atomic E-state index is 13.6. The van der Waals surface area contributed by atoms with Crippen LogP contribution in [0.15, 0.2) is 85.1 Å². The Balaban J connectivity index is 1.44. The van der Waals surface area contributed by atoms with Crippen LogP contribution in [0.5, 0.6) is 0 Å². The summed E-state index contributed by atoms with van der Waals surface area (Å²) in [5.74, 6) is -0.897. The number of aromatic nitrogens is 1. The molecule has 0 spiro atoms. The molecule has 2 saturated heterocycles. The standard InChI is InChI=1S/C27H23N3O2/c1-29-16-22-24(27(32)30(26(22)31)19-7-3-2-4-8-19)25(29)21-10-6-5-9-20(21)17-11-12-23-18(15-17)13-14-28-23/h2-15,22,24-25,28H,16H2,1H3/t22-,24-,25+/m0/s1. The first-order valence-corrected chi connectivity index (χ1v) is 10.9. The van der Waals surface area contributed by atoms with E-state index in [1.54, 1.807) is 0 Å². The zero-order valence-corrected chi connectivity index (χ0v) is 17.7. The van der Waals surface area contributed by atoms with Crippen LogP contribution >= 0.6 is 0 Å². The summed E-state index contributed by atoms with van der Waals surface area (Å²) in [6.45, 7) is 0.578. The Labute approximate surface area is 186 Å². The highest BCUT2D eigenvalue weighted by Gasteiger charge is 2.57. The zero-order chi connectivity index (χ0) is 21.8. The second-order valence-electron chi connectivity index (χ2n) is 8.73. The van der Waals surface area contributed by atoms with Gasteiger partial charge in [0, 0.05) is 24.3 Å². The Kier molecular flexibility index (Phi) is 4.26. The summed E-state index contributed by atoms with van der Waals surface area (Å²) in [6, 6.07) is 25.8. The quantitative estimate of drug-likeness (QED) is 0.491. The predicted octanol–water partition coefficient (Wildman–Crippen LogP) is 4.63. The van der Waals surface area contributed by atoms with Crippen LogP contribution in [-0.2, 0) is 9.59 Å². The molecule has 2 fully saturated rings. The van der Waals surface area contributed by atoms with Crippen LogP contribution in [0.1, 0.15) is 11.6 Å². The molecule has 3 aromatic carbocycles. The Morgan fingerprint density at radius 3 is 2.50 bits per heavy atom. The van der Waals surface area contributed by atoms with Gasteiger partial charge in [0.2, 0.25) is 11.8 Å². The summed E-state index contributed by atoms with van der Waals surface area (Å²) in [4.78, 5) is 33.7. The van der Waals surface area contributed by atoms with E-state index in [4.69, 9.17) is 0 Å². The molecule has 0 radical (unpaired) electrons. The van der Waals surface area contributed by atoms with Crippen molar-refractivity contribution in [3.8, 4) is 11.1 Å². The average molecular weight is 422 g/mol. The highest BCUT2D eigenvalue weighted by Crippen LogP contribution is 2.48. The molecule has 3 atom stereocenters. The average Bonchev–Trinajstić information content (AvgIpc) is 3.48. The Hall–Kier alpha value is -3.70. The first-order chi connectivity index (χ1) is 15.6. The van der Waals surface area contributed by atoms with E-state index in [-0.39, 0.29) is 29.7 Å². The van der Waals surface area contributed by atoms with Crippen molar-refractivity contribution in [1.29, 1.82) is 0 Å². The number of carbonyl (C=O) groups is 2. The summed E-state index contributed by atoms with van der Waals surface area (Å²) >= 11 is 0. The van der Waals surface area contributed by atoms with Crippen molar-refractivity contribution >= 4 is 28.4 Å². The van der Waals surface area contributed by atoms with Gasteiger partial charge in [-0.05, 0) is 59.5 Å². The van der Waals surface area contributed by atoms with E-state index in [9.17, 15) is 9.59 Å². The maximum Gasteiger partial charge on any atom is 0.239 e. The molecular formula is C27H23N3O2. The van der Waals surface area contributed by atoms with Crippen molar-refractivity contribution < 1.29 is 9.59 Å². The Morgan fingerprint density at radius 2 is 1.66 bits per heavy atom. The second-order valence-corrected chi connectivity index (χ2v) is 8.73. The van der Waals surface area contributed by atoms with Crippen molar-refractivity contribution in [3.05, 3.63) is 90.6 Å². The highest BCUT2D eigenvalue weighted by molar-refractivity contribution is 6.22. The first-order valence-electron chi connectivity index (χ1n) is 10.9. The van der Waals surface area contributed by atoms with Gasteiger partial charge in [0.15, 0.2) is 0 Å². The van der Waals surface area contributed by atoms with Crippen molar-refractivity contribution in [2.75, 3.05) is 18.5 Å². The molecule has 32 heavy (non-hydrogen) atoms. The molecular weight excluding hydrogens is 398 g/mol. The van der Waals surface area contributed by atoms with Gasteiger partial charge in [-0.1, -0.05) is 48.5 Å². The van der Waals surface area contributed by atoms with E-state index >= 15 is 0 Å². The van der Waals surface area contributed by atoms with Gasteiger partial charge in [-0.3, -0.25) is 14.5 Å². The number of imide groups is 1. The largest absolute Gasteiger partial charge is 0.361 e. The van der Waals surface area contributed by atoms with Gasteiger partial charge >= 0.3 is 0 Å². The Bertz CT molecular complexity index is 1340. The third-order valence-corrected chi connectivity index (χ3v) is 6.93. The smallest absolute Gasteiger partial charge is 0.239 e. The molecule has 1 aromatic heterocycles. The summed E-state index contributed by atoms with van der Waals surface area (Å²) in [6.07, 6.45) is 1.94. The van der Waals surface area contributed by atoms with Crippen LogP contribution in [0.3, 0.4) is 0 Å². The molecule has 158 valence electrons. The third-order valence-electron chi connectivity index (χ3n) is 6.93. The minimum Gasteiger partial charge on any atom is -0.361 e. The molecule has 4 aromatic rings. The number of nitrogens with zero attached hydrogens (tertiary/aromatic N) is 2. The lowest BCUT2D eigenvalue weighted by molar-refractivity contribution is -0.123. The molecule has 5 nitrogen and oxygen atoms in total.